The summed E-state index contributed by atoms with van der Waals surface area (Å²) in [6, 6.07) is 66.0. The minimum atomic E-state index is -0.496. The topological polar surface area (TPSA) is 46.6 Å². The number of nitrogens with one attached hydrogen (secondary N) is 1. The summed E-state index contributed by atoms with van der Waals surface area (Å²) < 4.78 is 5.19. The van der Waals surface area contributed by atoms with Crippen molar-refractivity contribution in [2.75, 3.05) is 0 Å². The molecule has 0 bridgehead atoms. The van der Waals surface area contributed by atoms with Crippen LogP contribution < -0.4 is 5.32 Å². The number of para-hydroxylation sites is 2. The third-order valence-electron chi connectivity index (χ3n) is 13.4. The number of aromatic nitrogens is 2. The predicted molar refractivity (Wildman–Crippen MR) is 257 cm³/mol. The van der Waals surface area contributed by atoms with E-state index in [-0.39, 0.29) is 6.04 Å². The van der Waals surface area contributed by atoms with Crippen LogP contribution in [0.25, 0.3) is 66.4 Å². The molecule has 62 heavy (non-hydrogen) atoms. The molecule has 13 rings (SSSR count). The second kappa shape index (κ2) is 13.9. The van der Waals surface area contributed by atoms with E-state index < -0.39 is 6.17 Å². The molecule has 3 aliphatic rings. The lowest BCUT2D eigenvalue weighted by Gasteiger charge is -2.28. The fourth-order valence-corrected chi connectivity index (χ4v) is 10.5. The van der Waals surface area contributed by atoms with E-state index in [9.17, 15) is 0 Å². The molecule has 1 N–H and O–H groups in total. The first-order valence-corrected chi connectivity index (χ1v) is 21.7. The third kappa shape index (κ3) is 5.48. The maximum Gasteiger partial charge on any atom is 0.171 e. The van der Waals surface area contributed by atoms with Gasteiger partial charge in [0.15, 0.2) is 6.17 Å². The highest BCUT2D eigenvalue weighted by molar-refractivity contribution is 6.16. The van der Waals surface area contributed by atoms with Gasteiger partial charge in [-0.15, -0.1) is 0 Å². The van der Waals surface area contributed by atoms with Crippen LogP contribution in [-0.2, 0) is 19.3 Å². The van der Waals surface area contributed by atoms with Crippen LogP contribution in [0.2, 0.25) is 0 Å². The molecule has 2 aromatic heterocycles. The van der Waals surface area contributed by atoms with Gasteiger partial charge in [0.05, 0.1) is 22.9 Å². The Morgan fingerprint density at radius 2 is 1.23 bits per heavy atom. The normalized spacial score (nSPS) is 16.8. The first-order valence-electron chi connectivity index (χ1n) is 21.7. The van der Waals surface area contributed by atoms with Crippen LogP contribution in [0.15, 0.2) is 198 Å². The van der Waals surface area contributed by atoms with E-state index in [0.29, 0.717) is 0 Å². The third-order valence-corrected chi connectivity index (χ3v) is 13.4. The molecule has 5 nitrogen and oxygen atoms in total. The van der Waals surface area contributed by atoms with Gasteiger partial charge in [0, 0.05) is 56.2 Å². The smallest absolute Gasteiger partial charge is 0.171 e. The van der Waals surface area contributed by atoms with Gasteiger partial charge in [-0.2, -0.15) is 0 Å². The van der Waals surface area contributed by atoms with Crippen LogP contribution in [-0.4, -0.2) is 20.8 Å². The quantitative estimate of drug-likeness (QED) is 0.185. The van der Waals surface area contributed by atoms with Gasteiger partial charge < -0.3 is 14.5 Å². The van der Waals surface area contributed by atoms with Crippen LogP contribution in [0.4, 0.5) is 0 Å². The Kier molecular flexibility index (Phi) is 7.86. The number of nitrogens with zero attached hydrogens (tertiary/aromatic N) is 4. The lowest BCUT2D eigenvalue weighted by Crippen LogP contribution is -2.36. The summed E-state index contributed by atoms with van der Waals surface area (Å²) in [6.45, 7) is 0. The summed E-state index contributed by atoms with van der Waals surface area (Å²) in [5.74, 6) is 1.61. The van der Waals surface area contributed by atoms with Gasteiger partial charge in [-0.1, -0.05) is 164 Å². The van der Waals surface area contributed by atoms with Crippen molar-refractivity contribution >= 4 is 61.1 Å². The summed E-state index contributed by atoms with van der Waals surface area (Å²) in [5.41, 5.74) is 14.9. The lowest BCUT2D eigenvalue weighted by molar-refractivity contribution is 0.605. The zero-order chi connectivity index (χ0) is 40.7. The standard InChI is InChI=1S/C57H41N5/c1-2-16-38(17-3-1)55-58-56(42-27-26-36-14-4-5-18-39(36)32-42)60-57(59-55)48-23-11-13-25-51(48)62-52-34-41-20-7-6-19-40(41)33-49(52)46-31-29-43(35-53(46)62)61-50-24-12-10-22-45(50)47-30-28-37-15-8-9-21-44(37)54(47)61/h1-27,29,31-34,43,57H,28,30,35H2,(H,58,59,60). The SMILES string of the molecule is C1=CC(n2c3c(c4ccccc42)CCc2ccccc2-3)Cc2c1c1cc3ccccc3cc1n2-c1ccccc1C1N=C(c2ccccc2)NC(c2ccc3ccccc3c2)=N1. The number of amidine groups is 2. The molecule has 0 radical (unpaired) electrons. The maximum absolute atomic E-state index is 5.46. The van der Waals surface area contributed by atoms with Gasteiger partial charge in [-0.3, -0.25) is 0 Å². The summed E-state index contributed by atoms with van der Waals surface area (Å²) in [7, 11) is 0. The van der Waals surface area contributed by atoms with Crippen molar-refractivity contribution in [2.45, 2.75) is 31.5 Å². The Balaban J connectivity index is 1.02. The molecular formula is C57H41N5. The Bertz CT molecular complexity index is 3540. The van der Waals surface area contributed by atoms with E-state index >= 15 is 0 Å². The molecule has 3 heterocycles. The second-order valence-corrected chi connectivity index (χ2v) is 16.9. The summed E-state index contributed by atoms with van der Waals surface area (Å²) in [5, 5.41) is 11.1. The predicted octanol–water partition coefficient (Wildman–Crippen LogP) is 13.0. The summed E-state index contributed by atoms with van der Waals surface area (Å²) in [4.78, 5) is 10.9. The minimum Gasteiger partial charge on any atom is -0.333 e. The number of hydrogen-bond acceptors (Lipinski definition) is 3. The zero-order valence-electron chi connectivity index (χ0n) is 34.0. The van der Waals surface area contributed by atoms with Crippen LogP contribution >= 0.6 is 0 Å². The Morgan fingerprint density at radius 1 is 0.532 bits per heavy atom. The first kappa shape index (κ1) is 35.0. The highest BCUT2D eigenvalue weighted by atomic mass is 15.2. The van der Waals surface area contributed by atoms with E-state index in [1.807, 2.05) is 0 Å². The fourth-order valence-electron chi connectivity index (χ4n) is 10.5. The van der Waals surface area contributed by atoms with Crippen LogP contribution in [0, 0.1) is 0 Å². The number of benzene rings is 8. The van der Waals surface area contributed by atoms with Gasteiger partial charge in [-0.25, -0.2) is 9.98 Å². The number of rotatable bonds is 5. The van der Waals surface area contributed by atoms with Gasteiger partial charge in [-0.05, 0) is 75.8 Å². The Morgan fingerprint density at radius 3 is 2.10 bits per heavy atom. The minimum absolute atomic E-state index is 0.103. The fraction of sp³-hybridized carbons (Fsp3) is 0.0877. The maximum atomic E-state index is 5.46. The molecule has 0 spiro atoms. The molecule has 0 amide bonds. The van der Waals surface area contributed by atoms with E-state index in [0.717, 1.165) is 53.3 Å². The van der Waals surface area contributed by atoms with Crippen molar-refractivity contribution in [1.82, 2.24) is 14.5 Å². The van der Waals surface area contributed by atoms with Crippen molar-refractivity contribution < 1.29 is 0 Å². The Hall–Kier alpha value is -7.76. The van der Waals surface area contributed by atoms with Gasteiger partial charge in [0.25, 0.3) is 0 Å². The van der Waals surface area contributed by atoms with Crippen molar-refractivity contribution in [3.05, 3.63) is 227 Å². The molecule has 2 atom stereocenters. The molecule has 8 aromatic carbocycles. The zero-order valence-corrected chi connectivity index (χ0v) is 34.0. The van der Waals surface area contributed by atoms with Crippen molar-refractivity contribution in [2.24, 2.45) is 9.98 Å². The lowest BCUT2D eigenvalue weighted by atomic mass is 9.88. The van der Waals surface area contributed by atoms with E-state index in [2.05, 4.69) is 209 Å². The summed E-state index contributed by atoms with van der Waals surface area (Å²) in [6.07, 6.45) is 7.31. The van der Waals surface area contributed by atoms with E-state index in [1.165, 1.54) is 77.0 Å². The average molecular weight is 796 g/mol. The largest absolute Gasteiger partial charge is 0.333 e. The number of fused-ring (bicyclic) bond motifs is 10. The number of hydrogen-bond donors (Lipinski definition) is 1. The van der Waals surface area contributed by atoms with E-state index in [1.54, 1.807) is 0 Å². The molecule has 2 unspecified atom stereocenters. The average Bonchev–Trinajstić information content (AvgIpc) is 3.85. The van der Waals surface area contributed by atoms with Crippen LogP contribution in [0.1, 0.15) is 51.3 Å². The second-order valence-electron chi connectivity index (χ2n) is 16.9. The molecule has 294 valence electrons. The molecule has 10 aromatic rings. The van der Waals surface area contributed by atoms with Gasteiger partial charge in [0.1, 0.15) is 11.7 Å². The van der Waals surface area contributed by atoms with Crippen LogP contribution in [0.5, 0.6) is 0 Å². The molecule has 5 heteroatoms. The van der Waals surface area contributed by atoms with Crippen molar-refractivity contribution in [1.29, 1.82) is 0 Å². The first-order chi connectivity index (χ1) is 30.7. The molecule has 0 saturated heterocycles. The van der Waals surface area contributed by atoms with E-state index in [4.69, 9.17) is 9.98 Å². The van der Waals surface area contributed by atoms with Gasteiger partial charge >= 0.3 is 0 Å². The summed E-state index contributed by atoms with van der Waals surface area (Å²) >= 11 is 0. The molecular weight excluding hydrogens is 755 g/mol. The highest BCUT2D eigenvalue weighted by Gasteiger charge is 2.32. The van der Waals surface area contributed by atoms with Crippen molar-refractivity contribution in [3.63, 3.8) is 0 Å². The van der Waals surface area contributed by atoms with Crippen molar-refractivity contribution in [3.8, 4) is 16.9 Å². The highest BCUT2D eigenvalue weighted by Crippen LogP contribution is 2.46. The Labute approximate surface area is 359 Å². The molecule has 2 aliphatic carbocycles. The molecule has 0 fully saturated rings. The number of aliphatic imine (C=N–C) groups is 2. The van der Waals surface area contributed by atoms with Crippen LogP contribution in [0.3, 0.4) is 0 Å². The molecule has 1 aliphatic heterocycles. The monoisotopic (exact) mass is 795 g/mol. The van der Waals surface area contributed by atoms with Gasteiger partial charge in [0.2, 0.25) is 0 Å². The number of allylic oxidation sites excluding steroid dienone is 1. The number of aryl methyl sites for hydroxylation is 2. The molecule has 0 saturated carbocycles.